The van der Waals surface area contributed by atoms with Crippen LogP contribution in [0.1, 0.15) is 54.2 Å². The van der Waals surface area contributed by atoms with Crippen molar-refractivity contribution >= 4 is 10.9 Å². The van der Waals surface area contributed by atoms with Crippen LogP contribution < -0.4 is 0 Å². The number of aryl methyl sites for hydroxylation is 3. The molecule has 1 fully saturated rings. The third kappa shape index (κ3) is 1.72. The molecule has 0 saturated carbocycles. The van der Waals surface area contributed by atoms with E-state index < -0.39 is 0 Å². The lowest BCUT2D eigenvalue weighted by Crippen LogP contribution is -2.18. The lowest BCUT2D eigenvalue weighted by atomic mass is 9.92. The first-order valence-electron chi connectivity index (χ1n) is 7.95. The maximum absolute atomic E-state index is 4.67. The number of likely N-dealkylation sites (tertiary alicyclic amines) is 1. The third-order valence-corrected chi connectivity index (χ3v) is 5.22. The van der Waals surface area contributed by atoms with Crippen molar-refractivity contribution in [3.8, 4) is 0 Å². The Labute approximate surface area is 120 Å². The molecule has 2 aromatic rings. The summed E-state index contributed by atoms with van der Waals surface area (Å²) in [6, 6.07) is 0.562. The summed E-state index contributed by atoms with van der Waals surface area (Å²) >= 11 is 0. The van der Waals surface area contributed by atoms with Gasteiger partial charge in [-0.05, 0) is 70.2 Å². The first kappa shape index (κ1) is 12.4. The Balaban J connectivity index is 1.96. The van der Waals surface area contributed by atoms with Gasteiger partial charge >= 0.3 is 0 Å². The van der Waals surface area contributed by atoms with E-state index >= 15 is 0 Å². The minimum absolute atomic E-state index is 0.562. The van der Waals surface area contributed by atoms with Gasteiger partial charge in [-0.25, -0.2) is 0 Å². The smallest absolute Gasteiger partial charge is 0.0678 e. The molecule has 106 valence electrons. The fraction of sp³-hybridized carbons (Fsp3) is 0.588. The summed E-state index contributed by atoms with van der Waals surface area (Å²) in [6.07, 6.45) is 9.84. The molecule has 2 aromatic heterocycles. The van der Waals surface area contributed by atoms with E-state index in [0.29, 0.717) is 6.04 Å². The molecule has 1 aliphatic heterocycles. The van der Waals surface area contributed by atoms with Gasteiger partial charge in [-0.1, -0.05) is 0 Å². The van der Waals surface area contributed by atoms with Gasteiger partial charge in [-0.3, -0.25) is 9.88 Å². The number of rotatable bonds is 1. The van der Waals surface area contributed by atoms with Gasteiger partial charge < -0.3 is 4.98 Å². The lowest BCUT2D eigenvalue weighted by molar-refractivity contribution is 0.318. The minimum atomic E-state index is 0.562. The van der Waals surface area contributed by atoms with Crippen LogP contribution in [0, 0.1) is 6.92 Å². The summed E-state index contributed by atoms with van der Waals surface area (Å²) in [4.78, 5) is 10.8. The quantitative estimate of drug-likeness (QED) is 0.859. The van der Waals surface area contributed by atoms with Crippen molar-refractivity contribution in [1.29, 1.82) is 0 Å². The molecule has 0 bridgehead atoms. The average Bonchev–Trinajstić information content (AvgIpc) is 3.04. The third-order valence-electron chi connectivity index (χ3n) is 5.22. The fourth-order valence-electron chi connectivity index (χ4n) is 4.12. The van der Waals surface area contributed by atoms with E-state index in [1.807, 2.05) is 0 Å². The number of nitrogens with one attached hydrogen (secondary N) is 1. The van der Waals surface area contributed by atoms with E-state index in [-0.39, 0.29) is 0 Å². The second-order valence-corrected chi connectivity index (χ2v) is 6.48. The summed E-state index contributed by atoms with van der Waals surface area (Å²) in [7, 11) is 2.25. The van der Waals surface area contributed by atoms with Crippen molar-refractivity contribution in [2.75, 3.05) is 13.6 Å². The van der Waals surface area contributed by atoms with Crippen molar-refractivity contribution in [2.24, 2.45) is 0 Å². The average molecular weight is 269 g/mol. The SMILES string of the molecule is Cc1ncc(C2CCCN2C)c2c3c([nH]c12)CCCC3. The fourth-order valence-corrected chi connectivity index (χ4v) is 4.12. The molecule has 0 amide bonds. The van der Waals surface area contributed by atoms with Crippen LogP contribution in [0.3, 0.4) is 0 Å². The molecule has 1 unspecified atom stereocenters. The number of nitrogens with zero attached hydrogens (tertiary/aromatic N) is 2. The summed E-state index contributed by atoms with van der Waals surface area (Å²) in [5.74, 6) is 0. The van der Waals surface area contributed by atoms with Crippen LogP contribution in [-0.2, 0) is 12.8 Å². The minimum Gasteiger partial charge on any atom is -0.357 e. The molecule has 1 aliphatic carbocycles. The molecule has 0 radical (unpaired) electrons. The molecule has 1 atom stereocenters. The van der Waals surface area contributed by atoms with Crippen molar-refractivity contribution in [3.05, 3.63) is 28.7 Å². The van der Waals surface area contributed by atoms with Gasteiger partial charge in [0, 0.05) is 23.3 Å². The zero-order valence-electron chi connectivity index (χ0n) is 12.5. The standard InChI is InChI=1S/C17H23N3/c1-11-17-16(12-6-3-4-7-14(12)19-17)13(10-18-11)15-8-5-9-20(15)2/h10,15,19H,3-9H2,1-2H3. The van der Waals surface area contributed by atoms with Crippen LogP contribution in [0.25, 0.3) is 10.9 Å². The summed E-state index contributed by atoms with van der Waals surface area (Å²) < 4.78 is 0. The van der Waals surface area contributed by atoms with Crippen LogP contribution >= 0.6 is 0 Å². The van der Waals surface area contributed by atoms with Gasteiger partial charge in [-0.2, -0.15) is 0 Å². The van der Waals surface area contributed by atoms with Crippen LogP contribution in [0.4, 0.5) is 0 Å². The number of fused-ring (bicyclic) bond motifs is 3. The molecule has 2 aliphatic rings. The Hall–Kier alpha value is -1.35. The Bertz CT molecular complexity index is 656. The molecular weight excluding hydrogens is 246 g/mol. The summed E-state index contributed by atoms with van der Waals surface area (Å²) in [5, 5.41) is 1.51. The number of aromatic amines is 1. The Morgan fingerprint density at radius 1 is 1.25 bits per heavy atom. The molecule has 0 spiro atoms. The highest BCUT2D eigenvalue weighted by atomic mass is 15.1. The highest BCUT2D eigenvalue weighted by Crippen LogP contribution is 2.39. The predicted molar refractivity (Wildman–Crippen MR) is 82.1 cm³/mol. The van der Waals surface area contributed by atoms with E-state index in [1.54, 1.807) is 5.56 Å². The predicted octanol–water partition coefficient (Wildman–Crippen LogP) is 3.52. The molecular formula is C17H23N3. The maximum Gasteiger partial charge on any atom is 0.0678 e. The van der Waals surface area contributed by atoms with E-state index in [1.165, 1.54) is 67.2 Å². The molecule has 4 rings (SSSR count). The highest BCUT2D eigenvalue weighted by molar-refractivity contribution is 5.90. The molecule has 1 N–H and O–H groups in total. The summed E-state index contributed by atoms with van der Waals surface area (Å²) in [5.41, 5.74) is 6.98. The van der Waals surface area contributed by atoms with Gasteiger partial charge in [0.25, 0.3) is 0 Å². The highest BCUT2D eigenvalue weighted by Gasteiger charge is 2.28. The monoisotopic (exact) mass is 269 g/mol. The Morgan fingerprint density at radius 2 is 2.10 bits per heavy atom. The second-order valence-electron chi connectivity index (χ2n) is 6.48. The first-order chi connectivity index (χ1) is 9.75. The van der Waals surface area contributed by atoms with Crippen molar-refractivity contribution in [3.63, 3.8) is 0 Å². The maximum atomic E-state index is 4.67. The molecule has 1 saturated heterocycles. The second kappa shape index (κ2) is 4.59. The number of aromatic nitrogens is 2. The first-order valence-corrected chi connectivity index (χ1v) is 7.95. The van der Waals surface area contributed by atoms with Crippen molar-refractivity contribution in [1.82, 2.24) is 14.9 Å². The van der Waals surface area contributed by atoms with Crippen molar-refractivity contribution < 1.29 is 0 Å². The lowest BCUT2D eigenvalue weighted by Gasteiger charge is -2.21. The van der Waals surface area contributed by atoms with Gasteiger partial charge in [-0.15, -0.1) is 0 Å². The van der Waals surface area contributed by atoms with Crippen LogP contribution in [0.2, 0.25) is 0 Å². The van der Waals surface area contributed by atoms with Gasteiger partial charge in [0.1, 0.15) is 0 Å². The summed E-state index contributed by atoms with van der Waals surface area (Å²) in [6.45, 7) is 3.35. The number of hydrogen-bond acceptors (Lipinski definition) is 2. The number of hydrogen-bond donors (Lipinski definition) is 1. The topological polar surface area (TPSA) is 31.9 Å². The molecule has 20 heavy (non-hydrogen) atoms. The van der Waals surface area contributed by atoms with E-state index in [0.717, 1.165) is 5.69 Å². The van der Waals surface area contributed by atoms with E-state index in [9.17, 15) is 0 Å². The molecule has 3 nitrogen and oxygen atoms in total. The van der Waals surface area contributed by atoms with Crippen LogP contribution in [0.5, 0.6) is 0 Å². The zero-order valence-corrected chi connectivity index (χ0v) is 12.5. The Kier molecular flexibility index (Phi) is 2.84. The Morgan fingerprint density at radius 3 is 2.90 bits per heavy atom. The van der Waals surface area contributed by atoms with E-state index in [2.05, 4.69) is 35.0 Å². The van der Waals surface area contributed by atoms with Crippen molar-refractivity contribution in [2.45, 2.75) is 51.5 Å². The largest absolute Gasteiger partial charge is 0.357 e. The van der Waals surface area contributed by atoms with Gasteiger partial charge in [0.2, 0.25) is 0 Å². The number of pyridine rings is 1. The molecule has 3 heterocycles. The number of H-pyrrole nitrogens is 1. The molecule has 3 heteroatoms. The van der Waals surface area contributed by atoms with Crippen LogP contribution in [0.15, 0.2) is 6.20 Å². The van der Waals surface area contributed by atoms with E-state index in [4.69, 9.17) is 0 Å². The van der Waals surface area contributed by atoms with Gasteiger partial charge in [0.05, 0.1) is 11.2 Å². The normalized spacial score (nSPS) is 23.4. The molecule has 0 aromatic carbocycles. The zero-order chi connectivity index (χ0) is 13.7. The van der Waals surface area contributed by atoms with Gasteiger partial charge in [0.15, 0.2) is 0 Å². The van der Waals surface area contributed by atoms with Crippen LogP contribution in [-0.4, -0.2) is 28.5 Å².